The van der Waals surface area contributed by atoms with Crippen molar-refractivity contribution in [1.82, 2.24) is 4.90 Å². The van der Waals surface area contributed by atoms with Crippen molar-refractivity contribution >= 4 is 29.1 Å². The number of anilines is 2. The number of imide groups is 1. The zero-order valence-corrected chi connectivity index (χ0v) is 11.1. The molecule has 3 rings (SSSR count). The van der Waals surface area contributed by atoms with Crippen LogP contribution >= 0.6 is 0 Å². The van der Waals surface area contributed by atoms with Crippen LogP contribution < -0.4 is 10.6 Å². The van der Waals surface area contributed by atoms with Crippen molar-refractivity contribution in [3.63, 3.8) is 0 Å². The van der Waals surface area contributed by atoms with Crippen molar-refractivity contribution < 1.29 is 14.4 Å². The molecule has 0 aromatic heterocycles. The van der Waals surface area contributed by atoms with E-state index in [1.165, 1.54) is 4.90 Å². The molecule has 2 fully saturated rings. The van der Waals surface area contributed by atoms with Gasteiger partial charge in [0, 0.05) is 18.4 Å². The summed E-state index contributed by atoms with van der Waals surface area (Å²) in [5.41, 5.74) is 6.88. The molecule has 1 heterocycles. The molecule has 20 heavy (non-hydrogen) atoms. The van der Waals surface area contributed by atoms with E-state index in [0.29, 0.717) is 17.8 Å². The normalized spacial score (nSPS) is 23.8. The number of carbonyl (C=O) groups excluding carboxylic acids is 3. The van der Waals surface area contributed by atoms with Gasteiger partial charge in [0.05, 0.1) is 11.8 Å². The highest BCUT2D eigenvalue weighted by molar-refractivity contribution is 6.11. The van der Waals surface area contributed by atoms with Crippen molar-refractivity contribution in [2.45, 2.75) is 6.42 Å². The maximum Gasteiger partial charge on any atom is 0.246 e. The quantitative estimate of drug-likeness (QED) is 0.631. The summed E-state index contributed by atoms with van der Waals surface area (Å²) in [5.74, 6) is -1.05. The summed E-state index contributed by atoms with van der Waals surface area (Å²) in [6.45, 7) is -0.189. The Labute approximate surface area is 116 Å². The van der Waals surface area contributed by atoms with Crippen LogP contribution in [0.5, 0.6) is 0 Å². The number of fused-ring (bicyclic) bond motifs is 1. The smallest absolute Gasteiger partial charge is 0.246 e. The molecule has 0 spiro atoms. The minimum atomic E-state index is -0.294. The van der Waals surface area contributed by atoms with E-state index >= 15 is 0 Å². The SMILES string of the molecule is CN(C(=O)CN1C(=O)C2CC2C1=O)c1ccc(N)cc1. The van der Waals surface area contributed by atoms with Gasteiger partial charge in [-0.1, -0.05) is 0 Å². The van der Waals surface area contributed by atoms with E-state index in [1.807, 2.05) is 0 Å². The fraction of sp³-hybridized carbons (Fsp3) is 0.357. The van der Waals surface area contributed by atoms with Crippen molar-refractivity contribution in [1.29, 1.82) is 0 Å². The number of nitrogens with two attached hydrogens (primary N) is 1. The molecule has 6 nitrogen and oxygen atoms in total. The minimum absolute atomic E-state index is 0.169. The lowest BCUT2D eigenvalue weighted by Crippen LogP contribution is -2.42. The number of benzene rings is 1. The second-order valence-corrected chi connectivity index (χ2v) is 5.26. The predicted octanol–water partition coefficient (Wildman–Crippen LogP) is 0.236. The van der Waals surface area contributed by atoms with Gasteiger partial charge in [0.2, 0.25) is 17.7 Å². The highest BCUT2D eigenvalue weighted by atomic mass is 16.2. The van der Waals surface area contributed by atoms with E-state index in [1.54, 1.807) is 31.3 Å². The number of likely N-dealkylation sites (tertiary alicyclic amines) is 1. The van der Waals surface area contributed by atoms with Gasteiger partial charge >= 0.3 is 0 Å². The number of nitrogen functional groups attached to an aromatic ring is 1. The first kappa shape index (κ1) is 12.7. The Morgan fingerprint density at radius 1 is 1.25 bits per heavy atom. The molecule has 0 radical (unpaired) electrons. The molecule has 104 valence electrons. The van der Waals surface area contributed by atoms with E-state index in [0.717, 1.165) is 4.90 Å². The maximum atomic E-state index is 12.1. The number of piperidine rings is 1. The lowest BCUT2D eigenvalue weighted by Gasteiger charge is -2.21. The van der Waals surface area contributed by atoms with Crippen molar-refractivity contribution in [2.24, 2.45) is 11.8 Å². The van der Waals surface area contributed by atoms with E-state index < -0.39 is 0 Å². The van der Waals surface area contributed by atoms with E-state index in [-0.39, 0.29) is 36.1 Å². The van der Waals surface area contributed by atoms with E-state index in [9.17, 15) is 14.4 Å². The largest absolute Gasteiger partial charge is 0.399 e. The molecular weight excluding hydrogens is 258 g/mol. The summed E-state index contributed by atoms with van der Waals surface area (Å²) in [5, 5.41) is 0. The summed E-state index contributed by atoms with van der Waals surface area (Å²) in [4.78, 5) is 38.3. The van der Waals surface area contributed by atoms with Crippen molar-refractivity contribution in [3.05, 3.63) is 24.3 Å². The minimum Gasteiger partial charge on any atom is -0.399 e. The lowest BCUT2D eigenvalue weighted by atomic mass is 10.2. The van der Waals surface area contributed by atoms with Crippen LogP contribution in [-0.2, 0) is 14.4 Å². The van der Waals surface area contributed by atoms with Gasteiger partial charge < -0.3 is 10.6 Å². The number of amides is 3. The van der Waals surface area contributed by atoms with Gasteiger partial charge in [-0.05, 0) is 30.7 Å². The van der Waals surface area contributed by atoms with Crippen molar-refractivity contribution in [3.8, 4) is 0 Å². The van der Waals surface area contributed by atoms with Crippen LogP contribution in [0.15, 0.2) is 24.3 Å². The zero-order valence-electron chi connectivity index (χ0n) is 11.1. The molecule has 2 unspecified atom stereocenters. The topological polar surface area (TPSA) is 83.7 Å². The molecule has 2 aliphatic rings. The van der Waals surface area contributed by atoms with Gasteiger partial charge in [0.25, 0.3) is 0 Å². The Morgan fingerprint density at radius 3 is 2.35 bits per heavy atom. The molecule has 1 saturated carbocycles. The Morgan fingerprint density at radius 2 is 1.80 bits per heavy atom. The summed E-state index contributed by atoms with van der Waals surface area (Å²) in [6.07, 6.45) is 0.649. The molecule has 1 aromatic rings. The third-order valence-corrected chi connectivity index (χ3v) is 3.90. The first-order valence-corrected chi connectivity index (χ1v) is 6.46. The average Bonchev–Trinajstić information content (AvgIpc) is 3.19. The van der Waals surface area contributed by atoms with Crippen LogP contribution in [0.2, 0.25) is 0 Å². The Kier molecular flexibility index (Phi) is 2.74. The highest BCUT2D eigenvalue weighted by Gasteiger charge is 2.59. The first-order valence-electron chi connectivity index (χ1n) is 6.46. The van der Waals surface area contributed by atoms with Crippen LogP contribution in [0, 0.1) is 11.8 Å². The highest BCUT2D eigenvalue weighted by Crippen LogP contribution is 2.46. The number of carbonyl (C=O) groups is 3. The van der Waals surface area contributed by atoms with Gasteiger partial charge in [0.1, 0.15) is 6.54 Å². The number of hydrogen-bond acceptors (Lipinski definition) is 4. The molecule has 1 aliphatic heterocycles. The monoisotopic (exact) mass is 273 g/mol. The number of rotatable bonds is 3. The number of nitrogens with zero attached hydrogens (tertiary/aromatic N) is 2. The van der Waals surface area contributed by atoms with Gasteiger partial charge in [-0.15, -0.1) is 0 Å². The maximum absolute atomic E-state index is 12.1. The van der Waals surface area contributed by atoms with Gasteiger partial charge in [-0.3, -0.25) is 19.3 Å². The number of likely N-dealkylation sites (N-methyl/N-ethyl adjacent to an activating group) is 1. The molecule has 0 bridgehead atoms. The van der Waals surface area contributed by atoms with Gasteiger partial charge in [-0.25, -0.2) is 0 Å². The summed E-state index contributed by atoms with van der Waals surface area (Å²) in [6, 6.07) is 6.83. The standard InChI is InChI=1S/C14H15N3O3/c1-16(9-4-2-8(15)3-5-9)12(18)7-17-13(19)10-6-11(10)14(17)20/h2-5,10-11H,6-7,15H2,1H3. The first-order chi connectivity index (χ1) is 9.49. The summed E-state index contributed by atoms with van der Waals surface area (Å²) >= 11 is 0. The molecule has 1 aliphatic carbocycles. The average molecular weight is 273 g/mol. The van der Waals surface area contributed by atoms with Gasteiger partial charge in [0.15, 0.2) is 0 Å². The van der Waals surface area contributed by atoms with Crippen LogP contribution in [0.25, 0.3) is 0 Å². The van der Waals surface area contributed by atoms with Crippen LogP contribution in [0.1, 0.15) is 6.42 Å². The fourth-order valence-corrected chi connectivity index (χ4v) is 2.49. The molecule has 6 heteroatoms. The molecule has 3 amide bonds. The number of hydrogen-bond donors (Lipinski definition) is 1. The molecule has 1 saturated heterocycles. The fourth-order valence-electron chi connectivity index (χ4n) is 2.49. The molecule has 2 N–H and O–H groups in total. The second kappa shape index (κ2) is 4.33. The van der Waals surface area contributed by atoms with Crippen LogP contribution in [0.3, 0.4) is 0 Å². The molecule has 2 atom stereocenters. The Hall–Kier alpha value is -2.37. The van der Waals surface area contributed by atoms with Crippen LogP contribution in [-0.4, -0.2) is 36.2 Å². The van der Waals surface area contributed by atoms with Gasteiger partial charge in [-0.2, -0.15) is 0 Å². The van der Waals surface area contributed by atoms with E-state index in [4.69, 9.17) is 5.73 Å². The summed E-state index contributed by atoms with van der Waals surface area (Å²) < 4.78 is 0. The second-order valence-electron chi connectivity index (χ2n) is 5.26. The Balaban J connectivity index is 1.69. The third-order valence-electron chi connectivity index (χ3n) is 3.90. The van der Waals surface area contributed by atoms with Crippen molar-refractivity contribution in [2.75, 3.05) is 24.2 Å². The molecule has 1 aromatic carbocycles. The lowest BCUT2D eigenvalue weighted by molar-refractivity contribution is -0.144. The summed E-state index contributed by atoms with van der Waals surface area (Å²) in [7, 11) is 1.61. The zero-order chi connectivity index (χ0) is 14.4. The predicted molar refractivity (Wildman–Crippen MR) is 72.6 cm³/mol. The Bertz CT molecular complexity index is 576. The third kappa shape index (κ3) is 1.93. The molecular formula is C14H15N3O3. The van der Waals surface area contributed by atoms with Crippen LogP contribution in [0.4, 0.5) is 11.4 Å². The van der Waals surface area contributed by atoms with E-state index in [2.05, 4.69) is 0 Å².